The van der Waals surface area contributed by atoms with E-state index in [2.05, 4.69) is 20.6 Å². The lowest BCUT2D eigenvalue weighted by Crippen LogP contribution is -2.15. The lowest BCUT2D eigenvalue weighted by molar-refractivity contribution is 0.102. The highest BCUT2D eigenvalue weighted by Gasteiger charge is 2.09. The number of ether oxygens (including phenoxy) is 1. The average Bonchev–Trinajstić information content (AvgIpc) is 2.71. The number of hydrogen-bond donors (Lipinski definition) is 2. The van der Waals surface area contributed by atoms with Crippen LogP contribution in [0.25, 0.3) is 0 Å². The predicted octanol–water partition coefficient (Wildman–Crippen LogP) is 4.31. The Labute approximate surface area is 169 Å². The molecule has 0 aliphatic rings. The Morgan fingerprint density at radius 3 is 2.48 bits per heavy atom. The van der Waals surface area contributed by atoms with E-state index in [1.165, 1.54) is 18.5 Å². The van der Waals surface area contributed by atoms with E-state index in [-0.39, 0.29) is 23.5 Å². The lowest BCUT2D eigenvalue weighted by atomic mass is 10.1. The standard InChI is InChI=1S/C22H23FN4O2/c1-15(2)29-18-9-7-17(8-10-18)27-22(28)20-13-26-21(14-25-20)24-12-11-16-5-3-4-6-19(16)23/h3-10,13-15H,11-12H2,1-2H3,(H,24,26)(H,27,28). The molecule has 3 rings (SSSR count). The minimum Gasteiger partial charge on any atom is -0.491 e. The Morgan fingerprint density at radius 1 is 1.07 bits per heavy atom. The van der Waals surface area contributed by atoms with Crippen LogP contribution in [-0.2, 0) is 6.42 Å². The molecule has 0 unspecified atom stereocenters. The van der Waals surface area contributed by atoms with Crippen LogP contribution in [0, 0.1) is 5.82 Å². The van der Waals surface area contributed by atoms with Crippen molar-refractivity contribution in [2.45, 2.75) is 26.4 Å². The second kappa shape index (κ2) is 9.64. The van der Waals surface area contributed by atoms with E-state index in [0.29, 0.717) is 30.0 Å². The number of halogens is 1. The maximum atomic E-state index is 13.6. The van der Waals surface area contributed by atoms with E-state index in [4.69, 9.17) is 4.74 Å². The van der Waals surface area contributed by atoms with Crippen molar-refractivity contribution in [3.8, 4) is 5.75 Å². The number of nitrogens with zero attached hydrogens (tertiary/aromatic N) is 2. The van der Waals surface area contributed by atoms with E-state index in [9.17, 15) is 9.18 Å². The SMILES string of the molecule is CC(C)Oc1ccc(NC(=O)c2cnc(NCCc3ccccc3F)cn2)cc1. The molecule has 0 aliphatic carbocycles. The molecule has 1 heterocycles. The molecule has 7 heteroatoms. The van der Waals surface area contributed by atoms with Crippen LogP contribution in [0.5, 0.6) is 5.75 Å². The number of hydrogen-bond acceptors (Lipinski definition) is 5. The monoisotopic (exact) mass is 394 g/mol. The van der Waals surface area contributed by atoms with Gasteiger partial charge in [0.2, 0.25) is 0 Å². The number of benzene rings is 2. The predicted molar refractivity (Wildman–Crippen MR) is 111 cm³/mol. The first-order chi connectivity index (χ1) is 14.0. The summed E-state index contributed by atoms with van der Waals surface area (Å²) in [6.45, 7) is 4.41. The lowest BCUT2D eigenvalue weighted by Gasteiger charge is -2.10. The van der Waals surface area contributed by atoms with Crippen LogP contribution < -0.4 is 15.4 Å². The third kappa shape index (κ3) is 6.00. The molecule has 2 aromatic carbocycles. The highest BCUT2D eigenvalue weighted by Crippen LogP contribution is 2.17. The van der Waals surface area contributed by atoms with Gasteiger partial charge in [-0.05, 0) is 56.2 Å². The first kappa shape index (κ1) is 20.3. The molecule has 6 nitrogen and oxygen atoms in total. The summed E-state index contributed by atoms with van der Waals surface area (Å²) in [7, 11) is 0. The fourth-order valence-electron chi connectivity index (χ4n) is 2.65. The van der Waals surface area contributed by atoms with Gasteiger partial charge in [-0.3, -0.25) is 4.79 Å². The fourth-order valence-corrected chi connectivity index (χ4v) is 2.65. The zero-order chi connectivity index (χ0) is 20.6. The number of carbonyl (C=O) groups excluding carboxylic acids is 1. The molecule has 0 aliphatic heterocycles. The summed E-state index contributed by atoms with van der Waals surface area (Å²) in [6.07, 6.45) is 3.49. The Kier molecular flexibility index (Phi) is 6.73. The van der Waals surface area contributed by atoms with E-state index in [0.717, 1.165) is 5.75 Å². The van der Waals surface area contributed by atoms with Crippen molar-refractivity contribution in [2.75, 3.05) is 17.2 Å². The number of aromatic nitrogens is 2. The number of rotatable bonds is 8. The summed E-state index contributed by atoms with van der Waals surface area (Å²) in [4.78, 5) is 20.7. The highest BCUT2D eigenvalue weighted by atomic mass is 19.1. The van der Waals surface area contributed by atoms with Crippen molar-refractivity contribution in [1.82, 2.24) is 9.97 Å². The molecule has 3 aromatic rings. The summed E-state index contributed by atoms with van der Waals surface area (Å²) in [5.74, 6) is 0.681. The third-order valence-electron chi connectivity index (χ3n) is 4.03. The zero-order valence-electron chi connectivity index (χ0n) is 16.4. The van der Waals surface area contributed by atoms with Crippen LogP contribution >= 0.6 is 0 Å². The summed E-state index contributed by atoms with van der Waals surface area (Å²) < 4.78 is 19.2. The maximum Gasteiger partial charge on any atom is 0.275 e. The number of nitrogens with one attached hydrogen (secondary N) is 2. The molecule has 1 amide bonds. The van der Waals surface area contributed by atoms with Gasteiger partial charge < -0.3 is 15.4 Å². The van der Waals surface area contributed by atoms with Gasteiger partial charge >= 0.3 is 0 Å². The van der Waals surface area contributed by atoms with Crippen molar-refractivity contribution in [3.63, 3.8) is 0 Å². The van der Waals surface area contributed by atoms with Crippen molar-refractivity contribution >= 4 is 17.4 Å². The van der Waals surface area contributed by atoms with Gasteiger partial charge in [0.1, 0.15) is 23.1 Å². The first-order valence-electron chi connectivity index (χ1n) is 9.38. The summed E-state index contributed by atoms with van der Waals surface area (Å²) >= 11 is 0. The third-order valence-corrected chi connectivity index (χ3v) is 4.03. The van der Waals surface area contributed by atoms with Gasteiger partial charge in [-0.15, -0.1) is 0 Å². The van der Waals surface area contributed by atoms with E-state index < -0.39 is 0 Å². The van der Waals surface area contributed by atoms with Crippen molar-refractivity contribution < 1.29 is 13.9 Å². The Balaban J connectivity index is 1.51. The van der Waals surface area contributed by atoms with E-state index in [1.54, 1.807) is 42.5 Å². The second-order valence-corrected chi connectivity index (χ2v) is 6.70. The summed E-state index contributed by atoms with van der Waals surface area (Å²) in [5.41, 5.74) is 1.47. The van der Waals surface area contributed by atoms with Crippen molar-refractivity contribution in [2.24, 2.45) is 0 Å². The second-order valence-electron chi connectivity index (χ2n) is 6.70. The molecule has 2 N–H and O–H groups in total. The highest BCUT2D eigenvalue weighted by molar-refractivity contribution is 6.02. The van der Waals surface area contributed by atoms with Crippen molar-refractivity contribution in [1.29, 1.82) is 0 Å². The van der Waals surface area contributed by atoms with Crippen LogP contribution in [0.15, 0.2) is 60.9 Å². The molecule has 0 saturated carbocycles. The Hall–Kier alpha value is -3.48. The quantitative estimate of drug-likeness (QED) is 0.595. The van der Waals surface area contributed by atoms with Crippen LogP contribution in [0.2, 0.25) is 0 Å². The average molecular weight is 394 g/mol. The Morgan fingerprint density at radius 2 is 1.83 bits per heavy atom. The summed E-state index contributed by atoms with van der Waals surface area (Å²) in [5, 5.41) is 5.84. The number of amides is 1. The molecule has 0 spiro atoms. The van der Waals surface area contributed by atoms with Crippen LogP contribution in [0.3, 0.4) is 0 Å². The van der Waals surface area contributed by atoms with Crippen LogP contribution in [0.1, 0.15) is 29.9 Å². The van der Waals surface area contributed by atoms with Gasteiger partial charge in [0.25, 0.3) is 5.91 Å². The number of carbonyl (C=O) groups is 1. The molecule has 0 atom stereocenters. The van der Waals surface area contributed by atoms with Crippen LogP contribution in [0.4, 0.5) is 15.9 Å². The minimum atomic E-state index is -0.354. The van der Waals surface area contributed by atoms with E-state index in [1.807, 2.05) is 13.8 Å². The van der Waals surface area contributed by atoms with Gasteiger partial charge in [0, 0.05) is 12.2 Å². The molecule has 0 fully saturated rings. The maximum absolute atomic E-state index is 13.6. The molecule has 0 saturated heterocycles. The van der Waals surface area contributed by atoms with Gasteiger partial charge in [-0.2, -0.15) is 0 Å². The molecule has 29 heavy (non-hydrogen) atoms. The minimum absolute atomic E-state index is 0.0876. The van der Waals surface area contributed by atoms with Gasteiger partial charge in [0.15, 0.2) is 0 Å². The van der Waals surface area contributed by atoms with Crippen molar-refractivity contribution in [3.05, 3.63) is 78.0 Å². The topological polar surface area (TPSA) is 76.1 Å². The Bertz CT molecular complexity index is 944. The van der Waals surface area contributed by atoms with Gasteiger partial charge in [-0.1, -0.05) is 18.2 Å². The molecular formula is C22H23FN4O2. The molecule has 1 aromatic heterocycles. The molecule has 0 radical (unpaired) electrons. The summed E-state index contributed by atoms with van der Waals surface area (Å²) in [6, 6.07) is 13.8. The van der Waals surface area contributed by atoms with Crippen LogP contribution in [-0.4, -0.2) is 28.5 Å². The largest absolute Gasteiger partial charge is 0.491 e. The fraction of sp³-hybridized carbons (Fsp3) is 0.227. The van der Waals surface area contributed by atoms with E-state index >= 15 is 0 Å². The first-order valence-corrected chi connectivity index (χ1v) is 9.38. The van der Waals surface area contributed by atoms with Gasteiger partial charge in [0.05, 0.1) is 18.5 Å². The number of anilines is 2. The smallest absolute Gasteiger partial charge is 0.275 e. The van der Waals surface area contributed by atoms with Gasteiger partial charge in [-0.25, -0.2) is 14.4 Å². The molecule has 0 bridgehead atoms. The zero-order valence-corrected chi connectivity index (χ0v) is 16.4. The molecular weight excluding hydrogens is 371 g/mol. The molecule has 150 valence electrons. The normalized spacial score (nSPS) is 10.6.